The zero-order chi connectivity index (χ0) is 24.6. The van der Waals surface area contributed by atoms with E-state index in [0.29, 0.717) is 11.0 Å². The molecule has 14 heteroatoms. The topological polar surface area (TPSA) is 67.9 Å². The van der Waals surface area contributed by atoms with Crippen LogP contribution in [0.15, 0.2) is 41.7 Å². The van der Waals surface area contributed by atoms with E-state index in [1.165, 1.54) is 6.92 Å². The Kier molecular flexibility index (Phi) is 6.69. The van der Waals surface area contributed by atoms with Crippen molar-refractivity contribution in [1.29, 1.82) is 0 Å². The number of nitrogens with zero attached hydrogens (tertiary/aromatic N) is 2. The highest BCUT2D eigenvalue weighted by molar-refractivity contribution is 7.84. The van der Waals surface area contributed by atoms with E-state index in [1.807, 2.05) is 0 Å². The van der Waals surface area contributed by atoms with E-state index in [2.05, 4.69) is 19.7 Å². The lowest BCUT2D eigenvalue weighted by Gasteiger charge is -2.32. The predicted octanol–water partition coefficient (Wildman–Crippen LogP) is 5.12. The van der Waals surface area contributed by atoms with Crippen molar-refractivity contribution >= 4 is 21.8 Å². The fourth-order valence-electron chi connectivity index (χ4n) is 2.73. The first-order valence-corrected chi connectivity index (χ1v) is 10.4. The van der Waals surface area contributed by atoms with Gasteiger partial charge in [0.05, 0.1) is 33.3 Å². The normalized spacial score (nSPS) is 14.1. The van der Waals surface area contributed by atoms with Crippen LogP contribution in [0.1, 0.15) is 11.3 Å². The zero-order valence-electron chi connectivity index (χ0n) is 16.6. The maximum absolute atomic E-state index is 13.7. The van der Waals surface area contributed by atoms with Crippen molar-refractivity contribution in [2.75, 3.05) is 6.61 Å². The number of fused-ring (bicyclic) bond motifs is 1. The first-order chi connectivity index (χ1) is 15.3. The molecule has 5 nitrogen and oxygen atoms in total. The van der Waals surface area contributed by atoms with Crippen LogP contribution in [0.25, 0.3) is 11.0 Å². The lowest BCUT2D eigenvalue weighted by atomic mass is 10.1. The number of alkyl halides is 8. The number of benzene rings is 1. The van der Waals surface area contributed by atoms with E-state index in [1.54, 1.807) is 24.3 Å². The van der Waals surface area contributed by atoms with Crippen molar-refractivity contribution in [3.05, 3.63) is 47.8 Å². The van der Waals surface area contributed by atoms with Crippen LogP contribution in [-0.4, -0.2) is 50.0 Å². The number of hydrogen-bond donors (Lipinski definition) is 1. The minimum absolute atomic E-state index is 0.0155. The van der Waals surface area contributed by atoms with Gasteiger partial charge < -0.3 is 9.72 Å². The molecule has 0 aliphatic heterocycles. The molecular formula is C19H15F8N3O2S. The maximum Gasteiger partial charge on any atom is 0.381 e. The van der Waals surface area contributed by atoms with Gasteiger partial charge in [0, 0.05) is 11.8 Å². The molecule has 0 saturated heterocycles. The Morgan fingerprint density at radius 3 is 2.39 bits per heavy atom. The van der Waals surface area contributed by atoms with Gasteiger partial charge in [-0.25, -0.2) is 13.8 Å². The second kappa shape index (κ2) is 8.88. The van der Waals surface area contributed by atoms with Crippen molar-refractivity contribution in [2.24, 2.45) is 0 Å². The van der Waals surface area contributed by atoms with E-state index in [9.17, 15) is 39.3 Å². The van der Waals surface area contributed by atoms with Gasteiger partial charge in [-0.05, 0) is 25.1 Å². The molecule has 0 bridgehead atoms. The van der Waals surface area contributed by atoms with Gasteiger partial charge in [0.15, 0.2) is 11.8 Å². The summed E-state index contributed by atoms with van der Waals surface area (Å²) in [6.45, 7) is -1.02. The third kappa shape index (κ3) is 4.66. The third-order valence-electron chi connectivity index (χ3n) is 4.67. The van der Waals surface area contributed by atoms with Gasteiger partial charge in [-0.1, -0.05) is 12.1 Å². The number of aromatic nitrogens is 3. The molecule has 2 heterocycles. The number of hydrogen-bond acceptors (Lipinski definition) is 4. The molecule has 3 rings (SSSR count). The van der Waals surface area contributed by atoms with Crippen LogP contribution in [0.5, 0.6) is 5.75 Å². The first-order valence-electron chi connectivity index (χ1n) is 9.10. The Labute approximate surface area is 183 Å². The molecule has 1 N–H and O–H groups in total. The lowest BCUT2D eigenvalue weighted by Crippen LogP contribution is -2.59. The van der Waals surface area contributed by atoms with Gasteiger partial charge in [0.1, 0.15) is 5.75 Å². The molecular weight excluding hydrogens is 486 g/mol. The van der Waals surface area contributed by atoms with Gasteiger partial charge in [0.2, 0.25) is 0 Å². The maximum atomic E-state index is 13.7. The molecule has 0 saturated carbocycles. The summed E-state index contributed by atoms with van der Waals surface area (Å²) in [5.41, 5.74) is 1.25. The summed E-state index contributed by atoms with van der Waals surface area (Å²) in [6, 6.07) is 7.82. The molecule has 2 aromatic heterocycles. The predicted molar refractivity (Wildman–Crippen MR) is 102 cm³/mol. The van der Waals surface area contributed by atoms with E-state index in [4.69, 9.17) is 0 Å². The van der Waals surface area contributed by atoms with E-state index < -0.39 is 47.3 Å². The molecule has 0 fully saturated rings. The van der Waals surface area contributed by atoms with E-state index >= 15 is 0 Å². The van der Waals surface area contributed by atoms with Crippen LogP contribution in [0.3, 0.4) is 0 Å². The summed E-state index contributed by atoms with van der Waals surface area (Å²) < 4.78 is 122. The summed E-state index contributed by atoms with van der Waals surface area (Å²) in [5.74, 6) is -19.0. The molecule has 180 valence electrons. The molecule has 0 aliphatic carbocycles. The number of H-pyrrole nitrogens is 1. The lowest BCUT2D eigenvalue weighted by molar-refractivity contribution is -0.342. The fraction of sp³-hybridized carbons (Fsp3) is 0.368. The van der Waals surface area contributed by atoms with Crippen molar-refractivity contribution in [3.8, 4) is 5.75 Å². The van der Waals surface area contributed by atoms with E-state index in [-0.39, 0.29) is 22.2 Å². The molecule has 1 aromatic carbocycles. The van der Waals surface area contributed by atoms with Crippen LogP contribution >= 0.6 is 0 Å². The largest absolute Gasteiger partial charge is 0.487 e. The molecule has 1 atom stereocenters. The fourth-order valence-corrected chi connectivity index (χ4v) is 3.83. The number of aromatic amines is 1. The Bertz CT molecular complexity index is 1140. The average molecular weight is 501 g/mol. The Balaban J connectivity index is 1.76. The summed E-state index contributed by atoms with van der Waals surface area (Å²) in [6.07, 6.45) is -3.97. The number of nitrogens with one attached hydrogen (secondary N) is 1. The number of imidazole rings is 1. The van der Waals surface area contributed by atoms with Crippen LogP contribution in [0.4, 0.5) is 35.1 Å². The van der Waals surface area contributed by atoms with Gasteiger partial charge in [-0.3, -0.25) is 9.19 Å². The van der Waals surface area contributed by atoms with Crippen LogP contribution in [0.2, 0.25) is 0 Å². The SMILES string of the molecule is Cc1c(OCC(F)(F)C(F)(F)C(F)(F)C(F)F)ccnc1CS(=O)c1nc2ccccc2[nH]1. The second-order valence-electron chi connectivity index (χ2n) is 6.92. The zero-order valence-corrected chi connectivity index (χ0v) is 17.4. The molecule has 0 spiro atoms. The highest BCUT2D eigenvalue weighted by Crippen LogP contribution is 2.48. The summed E-state index contributed by atoms with van der Waals surface area (Å²) >= 11 is 0. The van der Waals surface area contributed by atoms with Gasteiger partial charge in [-0.2, -0.15) is 26.3 Å². The molecule has 0 radical (unpaired) electrons. The number of halogens is 8. The molecule has 0 aliphatic rings. The quantitative estimate of drug-likeness (QED) is 0.413. The second-order valence-corrected chi connectivity index (χ2v) is 8.29. The van der Waals surface area contributed by atoms with Crippen LogP contribution in [0, 0.1) is 6.92 Å². The standard InChI is InChI=1S/C19H15F8N3O2S/c1-10-13(8-33(31)16-29-11-4-2-3-5-12(11)30-16)28-7-6-14(10)32-9-17(22,23)19(26,27)18(24,25)15(20)21/h2-7,15H,8-9H2,1H3,(H,29,30). The molecule has 33 heavy (non-hydrogen) atoms. The third-order valence-corrected chi connectivity index (χ3v) is 5.83. The monoisotopic (exact) mass is 501 g/mol. The first kappa shape index (κ1) is 24.9. The molecule has 1 unspecified atom stereocenters. The highest BCUT2D eigenvalue weighted by atomic mass is 32.2. The average Bonchev–Trinajstić information content (AvgIpc) is 3.18. The van der Waals surface area contributed by atoms with Crippen molar-refractivity contribution in [2.45, 2.75) is 42.0 Å². The van der Waals surface area contributed by atoms with Gasteiger partial charge >= 0.3 is 24.2 Å². The Morgan fingerprint density at radius 1 is 1.09 bits per heavy atom. The minimum atomic E-state index is -6.37. The van der Waals surface area contributed by atoms with Crippen LogP contribution < -0.4 is 4.74 Å². The number of rotatable bonds is 9. The number of ether oxygens (including phenoxy) is 1. The Morgan fingerprint density at radius 2 is 1.76 bits per heavy atom. The van der Waals surface area contributed by atoms with Gasteiger partial charge in [-0.15, -0.1) is 0 Å². The van der Waals surface area contributed by atoms with Crippen molar-refractivity contribution in [3.63, 3.8) is 0 Å². The van der Waals surface area contributed by atoms with E-state index in [0.717, 1.165) is 12.3 Å². The van der Waals surface area contributed by atoms with Crippen molar-refractivity contribution < 1.29 is 44.1 Å². The van der Waals surface area contributed by atoms with Crippen LogP contribution in [-0.2, 0) is 16.6 Å². The summed E-state index contributed by atoms with van der Waals surface area (Å²) in [7, 11) is -1.77. The highest BCUT2D eigenvalue weighted by Gasteiger charge is 2.75. The Hall–Kier alpha value is -2.77. The number of para-hydroxylation sites is 2. The summed E-state index contributed by atoms with van der Waals surface area (Å²) in [4.78, 5) is 11.0. The molecule has 0 amide bonds. The minimum Gasteiger partial charge on any atom is -0.487 e. The molecule has 3 aromatic rings. The summed E-state index contributed by atoms with van der Waals surface area (Å²) in [5, 5.41) is 0.101. The van der Waals surface area contributed by atoms with Crippen molar-refractivity contribution in [1.82, 2.24) is 15.0 Å². The van der Waals surface area contributed by atoms with Gasteiger partial charge in [0.25, 0.3) is 0 Å². The smallest absolute Gasteiger partial charge is 0.381 e. The number of pyridine rings is 1.